The Morgan fingerprint density at radius 1 is 1.50 bits per heavy atom. The Morgan fingerprint density at radius 2 is 2.35 bits per heavy atom. The molecule has 1 atom stereocenters. The largest absolute Gasteiger partial charge is 0.313 e. The smallest absolute Gasteiger partial charge is 0.193 e. The number of halogens is 2. The number of benzene rings is 1. The van der Waals surface area contributed by atoms with E-state index in [1.165, 1.54) is 12.1 Å². The fourth-order valence-electron chi connectivity index (χ4n) is 2.24. The first-order valence-corrected chi connectivity index (χ1v) is 7.88. The zero-order valence-corrected chi connectivity index (χ0v) is 13.2. The number of thiazole rings is 1. The summed E-state index contributed by atoms with van der Waals surface area (Å²) in [4.78, 5) is 5.58. The van der Waals surface area contributed by atoms with Crippen LogP contribution in [0, 0.1) is 5.82 Å². The number of hydrogen-bond donors (Lipinski definition) is 1. The van der Waals surface area contributed by atoms with E-state index in [-0.39, 0.29) is 11.9 Å². The predicted octanol–water partition coefficient (Wildman–Crippen LogP) is 3.80. The summed E-state index contributed by atoms with van der Waals surface area (Å²) < 4.78 is 16.0. The van der Waals surface area contributed by atoms with Gasteiger partial charge in [0.2, 0.25) is 0 Å². The summed E-state index contributed by atoms with van der Waals surface area (Å²) in [5.74, 6) is -0.238. The third-order valence-electron chi connectivity index (χ3n) is 3.24. The number of rotatable bonds is 4. The number of imidazole rings is 1. The van der Waals surface area contributed by atoms with Crippen molar-refractivity contribution < 1.29 is 4.39 Å². The Hall–Kier alpha value is -1.24. The van der Waals surface area contributed by atoms with Crippen molar-refractivity contribution in [2.75, 3.05) is 7.05 Å². The van der Waals surface area contributed by atoms with Gasteiger partial charge >= 0.3 is 0 Å². The van der Waals surface area contributed by atoms with Crippen LogP contribution in [-0.2, 0) is 6.42 Å². The molecule has 0 saturated carbocycles. The van der Waals surface area contributed by atoms with Crippen LogP contribution in [0.25, 0.3) is 4.96 Å². The van der Waals surface area contributed by atoms with Gasteiger partial charge in [-0.05, 0) is 24.7 Å². The van der Waals surface area contributed by atoms with Gasteiger partial charge in [-0.25, -0.2) is 9.37 Å². The lowest BCUT2D eigenvalue weighted by atomic mass is 10.0. The van der Waals surface area contributed by atoms with E-state index in [2.05, 4.69) is 26.2 Å². The molecule has 20 heavy (non-hydrogen) atoms. The van der Waals surface area contributed by atoms with Gasteiger partial charge in [-0.3, -0.25) is 4.40 Å². The summed E-state index contributed by atoms with van der Waals surface area (Å²) in [5.41, 5.74) is 2.05. The first-order valence-electron chi connectivity index (χ1n) is 6.20. The molecule has 2 aromatic heterocycles. The molecule has 0 fully saturated rings. The van der Waals surface area contributed by atoms with Gasteiger partial charge in [-0.15, -0.1) is 11.3 Å². The van der Waals surface area contributed by atoms with Crippen LogP contribution >= 0.6 is 27.3 Å². The monoisotopic (exact) mass is 353 g/mol. The molecule has 0 amide bonds. The summed E-state index contributed by atoms with van der Waals surface area (Å²) in [7, 11) is 1.90. The van der Waals surface area contributed by atoms with Crippen molar-refractivity contribution in [2.24, 2.45) is 0 Å². The van der Waals surface area contributed by atoms with E-state index in [0.29, 0.717) is 0 Å². The predicted molar refractivity (Wildman–Crippen MR) is 82.7 cm³/mol. The minimum absolute atomic E-state index is 0.0922. The van der Waals surface area contributed by atoms with Gasteiger partial charge in [0.05, 0.1) is 5.69 Å². The van der Waals surface area contributed by atoms with Gasteiger partial charge in [-0.2, -0.15) is 0 Å². The van der Waals surface area contributed by atoms with Gasteiger partial charge in [0.1, 0.15) is 5.82 Å². The molecule has 0 aliphatic carbocycles. The van der Waals surface area contributed by atoms with Crippen LogP contribution in [0.1, 0.15) is 17.3 Å². The van der Waals surface area contributed by atoms with E-state index in [4.69, 9.17) is 0 Å². The summed E-state index contributed by atoms with van der Waals surface area (Å²) in [6, 6.07) is 4.87. The molecule has 0 aliphatic rings. The number of aromatic nitrogens is 2. The van der Waals surface area contributed by atoms with Crippen LogP contribution in [0.5, 0.6) is 0 Å². The van der Waals surface area contributed by atoms with Crippen LogP contribution in [0.3, 0.4) is 0 Å². The molecule has 104 valence electrons. The lowest BCUT2D eigenvalue weighted by molar-refractivity contribution is 0.578. The molecule has 3 aromatic rings. The summed E-state index contributed by atoms with van der Waals surface area (Å²) in [6.45, 7) is 0. The van der Waals surface area contributed by atoms with Crippen LogP contribution in [-0.4, -0.2) is 16.4 Å². The summed E-state index contributed by atoms with van der Waals surface area (Å²) >= 11 is 5.04. The fraction of sp³-hybridized carbons (Fsp3) is 0.214. The molecule has 1 unspecified atom stereocenters. The van der Waals surface area contributed by atoms with Crippen LogP contribution in [0.2, 0.25) is 0 Å². The molecule has 2 heterocycles. The third kappa shape index (κ3) is 2.63. The van der Waals surface area contributed by atoms with Crippen molar-refractivity contribution in [2.45, 2.75) is 12.5 Å². The lowest BCUT2D eigenvalue weighted by Crippen LogP contribution is -2.19. The maximum atomic E-state index is 13.2. The average Bonchev–Trinajstić information content (AvgIpc) is 2.97. The molecule has 0 saturated heterocycles. The maximum absolute atomic E-state index is 13.2. The van der Waals surface area contributed by atoms with Gasteiger partial charge in [0.15, 0.2) is 4.96 Å². The highest BCUT2D eigenvalue weighted by molar-refractivity contribution is 9.10. The van der Waals surface area contributed by atoms with Crippen molar-refractivity contribution in [1.82, 2.24) is 14.7 Å². The minimum Gasteiger partial charge on any atom is -0.313 e. The molecule has 0 aliphatic heterocycles. The number of hydrogen-bond acceptors (Lipinski definition) is 3. The van der Waals surface area contributed by atoms with Crippen molar-refractivity contribution >= 4 is 32.2 Å². The molecule has 3 rings (SSSR count). The molecule has 1 N–H and O–H groups in total. The standard InChI is InChI=1S/C14H13BrFN3S/c1-17-13(11-3-2-9(16)6-12(11)15)7-10-8-19-4-5-20-14(19)18-10/h2-6,8,13,17H,7H2,1H3. The van der Waals surface area contributed by atoms with E-state index < -0.39 is 0 Å². The molecular weight excluding hydrogens is 341 g/mol. The van der Waals surface area contributed by atoms with E-state index >= 15 is 0 Å². The molecule has 0 spiro atoms. The van der Waals surface area contributed by atoms with Crippen molar-refractivity contribution in [3.05, 3.63) is 57.5 Å². The topological polar surface area (TPSA) is 29.3 Å². The molecule has 1 aromatic carbocycles. The maximum Gasteiger partial charge on any atom is 0.193 e. The Kier molecular flexibility index (Phi) is 3.87. The average molecular weight is 354 g/mol. The van der Waals surface area contributed by atoms with Crippen LogP contribution < -0.4 is 5.32 Å². The number of nitrogens with one attached hydrogen (secondary N) is 1. The minimum atomic E-state index is -0.238. The molecule has 0 radical (unpaired) electrons. The zero-order valence-electron chi connectivity index (χ0n) is 10.8. The third-order valence-corrected chi connectivity index (χ3v) is 4.70. The summed E-state index contributed by atoms with van der Waals surface area (Å²) in [6.07, 6.45) is 4.79. The van der Waals surface area contributed by atoms with Crippen LogP contribution in [0.15, 0.2) is 40.4 Å². The number of likely N-dealkylation sites (N-methyl/N-ethyl adjacent to an activating group) is 1. The SMILES string of the molecule is CNC(Cc1cn2ccsc2n1)c1ccc(F)cc1Br. The quantitative estimate of drug-likeness (QED) is 0.772. The first kappa shape index (κ1) is 13.7. The normalized spacial score (nSPS) is 12.9. The Morgan fingerprint density at radius 3 is 3.05 bits per heavy atom. The highest BCUT2D eigenvalue weighted by Gasteiger charge is 2.16. The van der Waals surface area contributed by atoms with Gasteiger partial charge in [-0.1, -0.05) is 22.0 Å². The van der Waals surface area contributed by atoms with Crippen molar-refractivity contribution in [1.29, 1.82) is 0 Å². The van der Waals surface area contributed by atoms with E-state index in [9.17, 15) is 4.39 Å². The van der Waals surface area contributed by atoms with Crippen molar-refractivity contribution in [3.8, 4) is 0 Å². The van der Waals surface area contributed by atoms with E-state index in [1.54, 1.807) is 17.4 Å². The summed E-state index contributed by atoms with van der Waals surface area (Å²) in [5, 5.41) is 5.28. The van der Waals surface area contributed by atoms with Crippen molar-refractivity contribution in [3.63, 3.8) is 0 Å². The lowest BCUT2D eigenvalue weighted by Gasteiger charge is -2.17. The van der Waals surface area contributed by atoms with Crippen LogP contribution in [0.4, 0.5) is 4.39 Å². The Labute approximate surface area is 128 Å². The number of nitrogens with zero attached hydrogens (tertiary/aromatic N) is 2. The highest BCUT2D eigenvalue weighted by atomic mass is 79.9. The fourth-order valence-corrected chi connectivity index (χ4v) is 3.58. The molecule has 6 heteroatoms. The first-order chi connectivity index (χ1) is 9.67. The van der Waals surface area contributed by atoms with E-state index in [1.807, 2.05) is 29.2 Å². The van der Waals surface area contributed by atoms with Gasteiger partial charge in [0, 0.05) is 34.7 Å². The Balaban J connectivity index is 1.88. The second kappa shape index (κ2) is 5.63. The van der Waals surface area contributed by atoms with E-state index in [0.717, 1.165) is 27.1 Å². The Bertz CT molecular complexity index is 708. The zero-order chi connectivity index (χ0) is 14.1. The van der Waals surface area contributed by atoms with Gasteiger partial charge < -0.3 is 5.32 Å². The van der Waals surface area contributed by atoms with Gasteiger partial charge in [0.25, 0.3) is 0 Å². The molecular formula is C14H13BrFN3S. The second-order valence-electron chi connectivity index (χ2n) is 4.54. The second-order valence-corrected chi connectivity index (χ2v) is 6.26. The number of fused-ring (bicyclic) bond motifs is 1. The molecule has 0 bridgehead atoms. The highest BCUT2D eigenvalue weighted by Crippen LogP contribution is 2.27. The molecule has 3 nitrogen and oxygen atoms in total.